The van der Waals surface area contributed by atoms with Crippen LogP contribution in [0.15, 0.2) is 54.3 Å². The molecule has 4 heteroatoms. The highest BCUT2D eigenvalue weighted by Gasteiger charge is 2.30. The number of aromatic hydroxyl groups is 1. The van der Waals surface area contributed by atoms with E-state index in [2.05, 4.69) is 6.07 Å². The monoisotopic (exact) mass is 350 g/mol. The van der Waals surface area contributed by atoms with Gasteiger partial charge in [0.15, 0.2) is 0 Å². The van der Waals surface area contributed by atoms with Crippen molar-refractivity contribution >= 4 is 0 Å². The predicted octanol–water partition coefficient (Wildman–Crippen LogP) is 3.84. The third-order valence-electron chi connectivity index (χ3n) is 5.34. The molecule has 0 saturated carbocycles. The standard InChI is InChI=1S/C22H22O4/c1-26-21-7-6-18-17-5-3-16(24)12-14(17)2-4-19(18)20(21)13-22(25)10-8-15(23)9-11-22/h3,5-10,12,23-25H,2,4,11,13H2,1H3. The maximum Gasteiger partial charge on any atom is 0.122 e. The number of aryl methyl sites for hydroxylation is 1. The van der Waals surface area contributed by atoms with Crippen LogP contribution in [-0.2, 0) is 19.3 Å². The highest BCUT2D eigenvalue weighted by Crippen LogP contribution is 2.41. The zero-order valence-electron chi connectivity index (χ0n) is 14.7. The lowest BCUT2D eigenvalue weighted by Crippen LogP contribution is -2.31. The van der Waals surface area contributed by atoms with Crippen LogP contribution in [0.5, 0.6) is 11.5 Å². The van der Waals surface area contributed by atoms with E-state index in [-0.39, 0.29) is 11.5 Å². The van der Waals surface area contributed by atoms with Crippen LogP contribution in [0.3, 0.4) is 0 Å². The topological polar surface area (TPSA) is 69.9 Å². The minimum Gasteiger partial charge on any atom is -0.508 e. The second-order valence-corrected chi connectivity index (χ2v) is 7.06. The number of methoxy groups -OCH3 is 1. The molecule has 2 aliphatic rings. The molecule has 2 aromatic rings. The highest BCUT2D eigenvalue weighted by molar-refractivity contribution is 5.76. The fraction of sp³-hybridized carbons (Fsp3) is 0.273. The Labute approximate surface area is 152 Å². The van der Waals surface area contributed by atoms with Gasteiger partial charge in [0.1, 0.15) is 17.3 Å². The number of hydrogen-bond donors (Lipinski definition) is 3. The van der Waals surface area contributed by atoms with E-state index < -0.39 is 5.60 Å². The summed E-state index contributed by atoms with van der Waals surface area (Å²) in [6.45, 7) is 0. The summed E-state index contributed by atoms with van der Waals surface area (Å²) in [7, 11) is 1.65. The van der Waals surface area contributed by atoms with Gasteiger partial charge in [-0.25, -0.2) is 0 Å². The van der Waals surface area contributed by atoms with Gasteiger partial charge in [0.2, 0.25) is 0 Å². The lowest BCUT2D eigenvalue weighted by Gasteiger charge is -2.30. The average molecular weight is 350 g/mol. The first-order valence-corrected chi connectivity index (χ1v) is 8.81. The van der Waals surface area contributed by atoms with Crippen molar-refractivity contribution in [3.63, 3.8) is 0 Å². The summed E-state index contributed by atoms with van der Waals surface area (Å²) in [6.07, 6.45) is 7.31. The molecule has 4 rings (SSSR count). The number of benzene rings is 2. The first kappa shape index (κ1) is 16.7. The van der Waals surface area contributed by atoms with Crippen molar-refractivity contribution in [3.8, 4) is 22.6 Å². The largest absolute Gasteiger partial charge is 0.508 e. The van der Waals surface area contributed by atoms with E-state index in [0.29, 0.717) is 12.8 Å². The predicted molar refractivity (Wildman–Crippen MR) is 101 cm³/mol. The van der Waals surface area contributed by atoms with Gasteiger partial charge in [0.25, 0.3) is 0 Å². The maximum absolute atomic E-state index is 11.0. The Hall–Kier alpha value is -2.72. The van der Waals surface area contributed by atoms with Gasteiger partial charge < -0.3 is 20.1 Å². The van der Waals surface area contributed by atoms with Crippen molar-refractivity contribution in [3.05, 3.63) is 71.0 Å². The van der Waals surface area contributed by atoms with Crippen molar-refractivity contribution in [2.24, 2.45) is 0 Å². The van der Waals surface area contributed by atoms with Gasteiger partial charge in [-0.3, -0.25) is 0 Å². The normalized spacial score (nSPS) is 20.9. The second kappa shape index (κ2) is 6.22. The molecule has 26 heavy (non-hydrogen) atoms. The van der Waals surface area contributed by atoms with E-state index in [1.54, 1.807) is 31.4 Å². The number of rotatable bonds is 3. The Bertz CT molecular complexity index is 926. The molecule has 1 atom stereocenters. The third kappa shape index (κ3) is 2.86. The molecule has 0 amide bonds. The summed E-state index contributed by atoms with van der Waals surface area (Å²) in [4.78, 5) is 0. The Morgan fingerprint density at radius 3 is 2.62 bits per heavy atom. The van der Waals surface area contributed by atoms with Gasteiger partial charge in [0, 0.05) is 18.4 Å². The molecule has 2 aromatic carbocycles. The first-order chi connectivity index (χ1) is 12.5. The summed E-state index contributed by atoms with van der Waals surface area (Å²) < 4.78 is 5.59. The molecular weight excluding hydrogens is 328 g/mol. The van der Waals surface area contributed by atoms with Crippen molar-refractivity contribution in [2.45, 2.75) is 31.3 Å². The van der Waals surface area contributed by atoms with Gasteiger partial charge in [-0.1, -0.05) is 12.1 Å². The smallest absolute Gasteiger partial charge is 0.122 e. The number of aliphatic hydroxyl groups is 2. The molecule has 134 valence electrons. The van der Waals surface area contributed by atoms with Crippen LogP contribution >= 0.6 is 0 Å². The van der Waals surface area contributed by atoms with Crippen molar-refractivity contribution in [1.29, 1.82) is 0 Å². The van der Waals surface area contributed by atoms with Crippen LogP contribution in [0, 0.1) is 0 Å². The molecule has 0 aliphatic heterocycles. The fourth-order valence-electron chi connectivity index (χ4n) is 4.00. The van der Waals surface area contributed by atoms with Gasteiger partial charge in [-0.2, -0.15) is 0 Å². The summed E-state index contributed by atoms with van der Waals surface area (Å²) in [6, 6.07) is 9.49. The summed E-state index contributed by atoms with van der Waals surface area (Å²) in [5.74, 6) is 1.24. The number of phenols is 1. The molecule has 2 aliphatic carbocycles. The fourth-order valence-corrected chi connectivity index (χ4v) is 4.00. The van der Waals surface area contributed by atoms with Crippen molar-refractivity contribution < 1.29 is 20.1 Å². The van der Waals surface area contributed by atoms with Crippen molar-refractivity contribution in [1.82, 2.24) is 0 Å². The maximum atomic E-state index is 11.0. The van der Waals surface area contributed by atoms with Crippen LogP contribution in [0.4, 0.5) is 0 Å². The van der Waals surface area contributed by atoms with E-state index in [0.717, 1.165) is 40.8 Å². The van der Waals surface area contributed by atoms with Crippen LogP contribution in [0.25, 0.3) is 11.1 Å². The molecular formula is C22H22O4. The van der Waals surface area contributed by atoms with Crippen LogP contribution < -0.4 is 4.74 Å². The Kier molecular flexibility index (Phi) is 4.00. The molecule has 1 unspecified atom stereocenters. The zero-order chi connectivity index (χ0) is 18.3. The number of aliphatic hydroxyl groups excluding tert-OH is 1. The molecule has 3 N–H and O–H groups in total. The number of fused-ring (bicyclic) bond motifs is 3. The van der Waals surface area contributed by atoms with E-state index in [9.17, 15) is 15.3 Å². The Morgan fingerprint density at radius 1 is 1.08 bits per heavy atom. The molecule has 0 fully saturated rings. The van der Waals surface area contributed by atoms with Crippen LogP contribution in [-0.4, -0.2) is 28.0 Å². The van der Waals surface area contributed by atoms with Crippen LogP contribution in [0.2, 0.25) is 0 Å². The third-order valence-corrected chi connectivity index (χ3v) is 5.34. The van der Waals surface area contributed by atoms with Gasteiger partial charge in [-0.15, -0.1) is 0 Å². The van der Waals surface area contributed by atoms with Crippen LogP contribution in [0.1, 0.15) is 23.1 Å². The van der Waals surface area contributed by atoms with Gasteiger partial charge >= 0.3 is 0 Å². The minimum absolute atomic E-state index is 0.186. The molecule has 0 radical (unpaired) electrons. The molecule has 0 saturated heterocycles. The van der Waals surface area contributed by atoms with E-state index in [1.165, 1.54) is 5.56 Å². The van der Waals surface area contributed by atoms with E-state index >= 15 is 0 Å². The summed E-state index contributed by atoms with van der Waals surface area (Å²) >= 11 is 0. The molecule has 0 aromatic heterocycles. The highest BCUT2D eigenvalue weighted by atomic mass is 16.5. The number of allylic oxidation sites excluding steroid dienone is 1. The van der Waals surface area contributed by atoms with Gasteiger partial charge in [0.05, 0.1) is 12.7 Å². The number of ether oxygens (including phenoxy) is 1. The molecule has 0 bridgehead atoms. The summed E-state index contributed by atoms with van der Waals surface area (Å²) in [5.41, 5.74) is 4.54. The second-order valence-electron chi connectivity index (χ2n) is 7.06. The Balaban J connectivity index is 1.79. The minimum atomic E-state index is -1.04. The van der Waals surface area contributed by atoms with E-state index in [1.807, 2.05) is 18.2 Å². The van der Waals surface area contributed by atoms with Crippen molar-refractivity contribution in [2.75, 3.05) is 7.11 Å². The lowest BCUT2D eigenvalue weighted by molar-refractivity contribution is 0.0902. The lowest BCUT2D eigenvalue weighted by atomic mass is 9.79. The molecule has 0 heterocycles. The first-order valence-electron chi connectivity index (χ1n) is 8.81. The van der Waals surface area contributed by atoms with E-state index in [4.69, 9.17) is 4.74 Å². The number of hydrogen-bond acceptors (Lipinski definition) is 4. The molecule has 4 nitrogen and oxygen atoms in total. The quantitative estimate of drug-likeness (QED) is 0.787. The van der Waals surface area contributed by atoms with Gasteiger partial charge in [-0.05, 0) is 71.5 Å². The number of phenolic OH excluding ortho intramolecular Hbond substituents is 1. The SMILES string of the molecule is COc1ccc2c(c1CC1(O)C=CC(O)=CC1)CCc1cc(O)ccc1-2. The summed E-state index contributed by atoms with van der Waals surface area (Å²) in [5, 5.41) is 30.3. The molecule has 0 spiro atoms. The zero-order valence-corrected chi connectivity index (χ0v) is 14.7. The Morgan fingerprint density at radius 2 is 1.88 bits per heavy atom. The average Bonchev–Trinajstić information content (AvgIpc) is 2.64.